The van der Waals surface area contributed by atoms with E-state index in [2.05, 4.69) is 0 Å². The molecule has 1 aliphatic rings. The highest BCUT2D eigenvalue weighted by atomic mass is 16.5. The summed E-state index contributed by atoms with van der Waals surface area (Å²) in [5.41, 5.74) is 0.254. The molecule has 0 spiro atoms. The Morgan fingerprint density at radius 1 is 1.32 bits per heavy atom. The van der Waals surface area contributed by atoms with E-state index in [9.17, 15) is 4.79 Å². The predicted octanol–water partition coefficient (Wildman–Crippen LogP) is 1.82. The number of carboxylic acid groups (broad SMARTS) is 1. The van der Waals surface area contributed by atoms with Crippen LogP contribution in [0.1, 0.15) is 16.8 Å². The Morgan fingerprint density at radius 2 is 2.11 bits per heavy atom. The van der Waals surface area contributed by atoms with Crippen molar-refractivity contribution in [3.8, 4) is 5.75 Å². The molecule has 0 aliphatic carbocycles. The summed E-state index contributed by atoms with van der Waals surface area (Å²) in [5, 5.41) is 8.75. The molecule has 5 heteroatoms. The summed E-state index contributed by atoms with van der Waals surface area (Å²) < 4.78 is 16.2. The van der Waals surface area contributed by atoms with Gasteiger partial charge in [-0.25, -0.2) is 4.79 Å². The van der Waals surface area contributed by atoms with Crippen LogP contribution >= 0.6 is 0 Å². The van der Waals surface area contributed by atoms with Crippen LogP contribution in [0.4, 0.5) is 0 Å². The Bertz CT molecular complexity index is 395. The number of carbonyl (C=O) groups is 1. The monoisotopic (exact) mass is 266 g/mol. The first kappa shape index (κ1) is 13.8. The number of rotatable bonds is 7. The smallest absolute Gasteiger partial charge is 0.335 e. The van der Waals surface area contributed by atoms with Gasteiger partial charge in [0.2, 0.25) is 0 Å². The van der Waals surface area contributed by atoms with Gasteiger partial charge in [0, 0.05) is 12.5 Å². The van der Waals surface area contributed by atoms with E-state index in [1.807, 2.05) is 0 Å². The van der Waals surface area contributed by atoms with E-state index in [0.29, 0.717) is 31.5 Å². The van der Waals surface area contributed by atoms with Gasteiger partial charge in [0.05, 0.1) is 25.4 Å². The second-order valence-electron chi connectivity index (χ2n) is 4.48. The van der Waals surface area contributed by atoms with Crippen molar-refractivity contribution in [3.63, 3.8) is 0 Å². The highest BCUT2D eigenvalue weighted by Gasteiger charge is 2.15. The average Bonchev–Trinajstić information content (AvgIpc) is 2.92. The predicted molar refractivity (Wildman–Crippen MR) is 68.6 cm³/mol. The lowest BCUT2D eigenvalue weighted by Crippen LogP contribution is -2.13. The standard InChI is InChI=1S/C14H18O5/c15-14(16)12-1-3-13(4-2-12)19-8-7-18-10-11-5-6-17-9-11/h1-4,11H,5-10H2,(H,15,16). The number of carboxylic acids is 1. The van der Waals surface area contributed by atoms with Crippen molar-refractivity contribution in [2.45, 2.75) is 6.42 Å². The molecule has 1 saturated heterocycles. The molecule has 104 valence electrons. The van der Waals surface area contributed by atoms with Gasteiger partial charge in [0.15, 0.2) is 0 Å². The minimum Gasteiger partial charge on any atom is -0.491 e. The van der Waals surface area contributed by atoms with Crippen LogP contribution in [0.2, 0.25) is 0 Å². The molecule has 0 bridgehead atoms. The first-order valence-electron chi connectivity index (χ1n) is 6.37. The third kappa shape index (κ3) is 4.54. The molecule has 0 saturated carbocycles. The van der Waals surface area contributed by atoms with Gasteiger partial charge in [-0.1, -0.05) is 0 Å². The molecule has 1 unspecified atom stereocenters. The molecule has 2 rings (SSSR count). The molecule has 1 heterocycles. The summed E-state index contributed by atoms with van der Waals surface area (Å²) in [6, 6.07) is 6.34. The third-order valence-electron chi connectivity index (χ3n) is 2.98. The number of benzene rings is 1. The highest BCUT2D eigenvalue weighted by Crippen LogP contribution is 2.13. The molecular formula is C14H18O5. The Balaban J connectivity index is 1.61. The summed E-state index contributed by atoms with van der Waals surface area (Å²) in [6.07, 6.45) is 1.07. The van der Waals surface area contributed by atoms with Crippen molar-refractivity contribution in [3.05, 3.63) is 29.8 Å². The quantitative estimate of drug-likeness (QED) is 0.762. The third-order valence-corrected chi connectivity index (χ3v) is 2.98. The van der Waals surface area contributed by atoms with Crippen molar-refractivity contribution in [2.24, 2.45) is 5.92 Å². The van der Waals surface area contributed by atoms with E-state index in [-0.39, 0.29) is 5.56 Å². The van der Waals surface area contributed by atoms with Crippen molar-refractivity contribution in [1.29, 1.82) is 0 Å². The van der Waals surface area contributed by atoms with Gasteiger partial charge in [-0.2, -0.15) is 0 Å². The molecule has 5 nitrogen and oxygen atoms in total. The zero-order valence-corrected chi connectivity index (χ0v) is 10.7. The van der Waals surface area contributed by atoms with Gasteiger partial charge in [0.1, 0.15) is 12.4 Å². The molecule has 1 aliphatic heterocycles. The SMILES string of the molecule is O=C(O)c1ccc(OCCOCC2CCOC2)cc1. The zero-order valence-electron chi connectivity index (χ0n) is 10.7. The number of ether oxygens (including phenoxy) is 3. The molecule has 19 heavy (non-hydrogen) atoms. The van der Waals surface area contributed by atoms with Gasteiger partial charge in [-0.05, 0) is 30.7 Å². The second-order valence-corrected chi connectivity index (χ2v) is 4.48. The lowest BCUT2D eigenvalue weighted by Gasteiger charge is -2.10. The summed E-state index contributed by atoms with van der Waals surface area (Å²) in [5.74, 6) is 0.223. The highest BCUT2D eigenvalue weighted by molar-refractivity contribution is 5.87. The molecule has 0 aromatic heterocycles. The number of hydrogen-bond acceptors (Lipinski definition) is 4. The molecule has 1 atom stereocenters. The molecule has 1 N–H and O–H groups in total. The van der Waals surface area contributed by atoms with E-state index < -0.39 is 5.97 Å². The summed E-state index contributed by atoms with van der Waals surface area (Å²) in [7, 11) is 0. The lowest BCUT2D eigenvalue weighted by atomic mass is 10.1. The van der Waals surface area contributed by atoms with Gasteiger partial charge >= 0.3 is 5.97 Å². The lowest BCUT2D eigenvalue weighted by molar-refractivity contribution is 0.0680. The van der Waals surface area contributed by atoms with E-state index in [4.69, 9.17) is 19.3 Å². The Labute approximate surface area is 112 Å². The van der Waals surface area contributed by atoms with Crippen molar-refractivity contribution in [1.82, 2.24) is 0 Å². The Morgan fingerprint density at radius 3 is 2.74 bits per heavy atom. The Hall–Kier alpha value is -1.59. The molecular weight excluding hydrogens is 248 g/mol. The average molecular weight is 266 g/mol. The maximum Gasteiger partial charge on any atom is 0.335 e. The van der Waals surface area contributed by atoms with Gasteiger partial charge in [-0.15, -0.1) is 0 Å². The summed E-state index contributed by atoms with van der Waals surface area (Å²) >= 11 is 0. The molecule has 1 aromatic rings. The van der Waals surface area contributed by atoms with Crippen molar-refractivity contribution < 1.29 is 24.1 Å². The normalized spacial score (nSPS) is 18.4. The molecule has 1 fully saturated rings. The molecule has 0 radical (unpaired) electrons. The van der Waals surface area contributed by atoms with Crippen LogP contribution in [-0.4, -0.2) is 44.1 Å². The molecule has 1 aromatic carbocycles. The minimum atomic E-state index is -0.936. The first-order valence-corrected chi connectivity index (χ1v) is 6.37. The van der Waals surface area contributed by atoms with Crippen molar-refractivity contribution in [2.75, 3.05) is 33.0 Å². The van der Waals surface area contributed by atoms with Gasteiger partial charge in [0.25, 0.3) is 0 Å². The molecule has 0 amide bonds. The van der Waals surface area contributed by atoms with Crippen molar-refractivity contribution >= 4 is 5.97 Å². The number of aromatic carboxylic acids is 1. The van der Waals surface area contributed by atoms with Crippen LogP contribution in [0, 0.1) is 5.92 Å². The summed E-state index contributed by atoms with van der Waals surface area (Å²) in [6.45, 7) is 3.32. The van der Waals surface area contributed by atoms with Crippen LogP contribution in [0.5, 0.6) is 5.75 Å². The van der Waals surface area contributed by atoms with E-state index in [1.165, 1.54) is 12.1 Å². The van der Waals surface area contributed by atoms with E-state index in [0.717, 1.165) is 19.6 Å². The second kappa shape index (κ2) is 7.11. The van der Waals surface area contributed by atoms with Crippen LogP contribution in [-0.2, 0) is 9.47 Å². The number of hydrogen-bond donors (Lipinski definition) is 1. The fraction of sp³-hybridized carbons (Fsp3) is 0.500. The maximum absolute atomic E-state index is 10.7. The van der Waals surface area contributed by atoms with Gasteiger partial charge < -0.3 is 19.3 Å². The maximum atomic E-state index is 10.7. The topological polar surface area (TPSA) is 65.0 Å². The Kier molecular flexibility index (Phi) is 5.18. The fourth-order valence-corrected chi connectivity index (χ4v) is 1.88. The fourth-order valence-electron chi connectivity index (χ4n) is 1.88. The van der Waals surface area contributed by atoms with Gasteiger partial charge in [-0.3, -0.25) is 0 Å². The minimum absolute atomic E-state index is 0.254. The summed E-state index contributed by atoms with van der Waals surface area (Å²) in [4.78, 5) is 10.7. The van der Waals surface area contributed by atoms with E-state index >= 15 is 0 Å². The van der Waals surface area contributed by atoms with E-state index in [1.54, 1.807) is 12.1 Å². The van der Waals surface area contributed by atoms with Crippen LogP contribution < -0.4 is 4.74 Å². The zero-order chi connectivity index (χ0) is 13.5. The van der Waals surface area contributed by atoms with Crippen LogP contribution in [0.3, 0.4) is 0 Å². The largest absolute Gasteiger partial charge is 0.491 e. The van der Waals surface area contributed by atoms with Crippen LogP contribution in [0.15, 0.2) is 24.3 Å². The first-order chi connectivity index (χ1) is 9.25. The van der Waals surface area contributed by atoms with Crippen LogP contribution in [0.25, 0.3) is 0 Å².